The summed E-state index contributed by atoms with van der Waals surface area (Å²) in [5.74, 6) is -2.97. The van der Waals surface area contributed by atoms with Gasteiger partial charge < -0.3 is 10.2 Å². The van der Waals surface area contributed by atoms with Crippen LogP contribution in [-0.2, 0) is 9.59 Å². The first kappa shape index (κ1) is 17.5. The van der Waals surface area contributed by atoms with Crippen LogP contribution in [0.4, 0.5) is 11.4 Å². The molecule has 11 heteroatoms. The van der Waals surface area contributed by atoms with Crippen LogP contribution in [0, 0.1) is 20.2 Å². The fourth-order valence-corrected chi connectivity index (χ4v) is 2.66. The molecular formula is C16H9N3O8. The molecule has 0 fully saturated rings. The predicted molar refractivity (Wildman–Crippen MR) is 89.5 cm³/mol. The topological polar surface area (TPSA) is 173 Å². The standard InChI is InChI=1S/C16H9N3O8/c20-11-3-1-7(5-9(11)18(24)25)13-14(16(23)17-15(13)22)8-2-4-12(21)10(6-8)19(26)27/h1-6,20-21H,(H,17,22,23). The van der Waals surface area contributed by atoms with Crippen molar-refractivity contribution in [2.45, 2.75) is 0 Å². The largest absolute Gasteiger partial charge is 0.502 e. The third kappa shape index (κ3) is 2.93. The highest BCUT2D eigenvalue weighted by Crippen LogP contribution is 2.37. The summed E-state index contributed by atoms with van der Waals surface area (Å²) in [6.07, 6.45) is 0. The monoisotopic (exact) mass is 371 g/mol. The third-order valence-electron chi connectivity index (χ3n) is 3.85. The van der Waals surface area contributed by atoms with E-state index in [0.717, 1.165) is 24.3 Å². The second-order valence-corrected chi connectivity index (χ2v) is 5.45. The van der Waals surface area contributed by atoms with Gasteiger partial charge in [0, 0.05) is 12.1 Å². The van der Waals surface area contributed by atoms with Crippen molar-refractivity contribution in [1.82, 2.24) is 5.32 Å². The van der Waals surface area contributed by atoms with Crippen LogP contribution in [0.5, 0.6) is 11.5 Å². The molecule has 0 aliphatic carbocycles. The molecule has 1 aliphatic heterocycles. The van der Waals surface area contributed by atoms with E-state index in [2.05, 4.69) is 0 Å². The van der Waals surface area contributed by atoms with E-state index in [1.807, 2.05) is 5.32 Å². The third-order valence-corrected chi connectivity index (χ3v) is 3.85. The maximum absolute atomic E-state index is 12.2. The minimum Gasteiger partial charge on any atom is -0.502 e. The molecule has 1 heterocycles. The smallest absolute Gasteiger partial charge is 0.311 e. The number of phenolic OH excluding ortho intramolecular Hbond substituents is 2. The molecule has 0 atom stereocenters. The summed E-state index contributed by atoms with van der Waals surface area (Å²) in [4.78, 5) is 44.7. The second-order valence-electron chi connectivity index (χ2n) is 5.45. The Hall–Kier alpha value is -4.28. The number of nitrogens with zero attached hydrogens (tertiary/aromatic N) is 2. The minimum absolute atomic E-state index is 0.0337. The van der Waals surface area contributed by atoms with Crippen molar-refractivity contribution in [2.75, 3.05) is 0 Å². The number of phenols is 2. The highest BCUT2D eigenvalue weighted by atomic mass is 16.6. The van der Waals surface area contributed by atoms with Crippen LogP contribution < -0.4 is 5.32 Å². The molecule has 0 saturated carbocycles. The van der Waals surface area contributed by atoms with E-state index in [4.69, 9.17) is 0 Å². The quantitative estimate of drug-likeness (QED) is 0.411. The van der Waals surface area contributed by atoms with Crippen LogP contribution in [0.25, 0.3) is 11.1 Å². The van der Waals surface area contributed by atoms with E-state index in [9.17, 15) is 40.0 Å². The zero-order valence-corrected chi connectivity index (χ0v) is 13.2. The maximum atomic E-state index is 12.2. The summed E-state index contributed by atoms with van der Waals surface area (Å²) in [7, 11) is 0. The van der Waals surface area contributed by atoms with Crippen molar-refractivity contribution in [3.63, 3.8) is 0 Å². The number of carbonyl (C=O) groups is 2. The van der Waals surface area contributed by atoms with Gasteiger partial charge in [-0.3, -0.25) is 35.1 Å². The predicted octanol–water partition coefficient (Wildman–Crippen LogP) is 1.48. The lowest BCUT2D eigenvalue weighted by molar-refractivity contribution is -0.386. The highest BCUT2D eigenvalue weighted by Gasteiger charge is 2.34. The van der Waals surface area contributed by atoms with Crippen molar-refractivity contribution in [3.8, 4) is 11.5 Å². The first-order valence-electron chi connectivity index (χ1n) is 7.26. The number of carbonyl (C=O) groups excluding carboxylic acids is 2. The van der Waals surface area contributed by atoms with Crippen molar-refractivity contribution >= 4 is 34.3 Å². The number of nitrogens with one attached hydrogen (secondary N) is 1. The Morgan fingerprint density at radius 2 is 1.11 bits per heavy atom. The number of benzene rings is 2. The summed E-state index contributed by atoms with van der Waals surface area (Å²) in [5, 5.41) is 43.1. The van der Waals surface area contributed by atoms with Gasteiger partial charge in [-0.15, -0.1) is 0 Å². The summed E-state index contributed by atoms with van der Waals surface area (Å²) < 4.78 is 0. The van der Waals surface area contributed by atoms with Crippen LogP contribution in [0.1, 0.15) is 11.1 Å². The molecule has 0 aromatic heterocycles. The summed E-state index contributed by atoms with van der Waals surface area (Å²) in [6, 6.07) is 6.21. The molecule has 27 heavy (non-hydrogen) atoms. The van der Waals surface area contributed by atoms with E-state index in [1.54, 1.807) is 0 Å². The van der Waals surface area contributed by atoms with Gasteiger partial charge in [0.2, 0.25) is 0 Å². The second kappa shape index (κ2) is 6.22. The normalized spacial score (nSPS) is 13.6. The number of nitro benzene ring substituents is 2. The van der Waals surface area contributed by atoms with Gasteiger partial charge in [-0.25, -0.2) is 0 Å². The van der Waals surface area contributed by atoms with Gasteiger partial charge in [0.1, 0.15) is 0 Å². The molecular weight excluding hydrogens is 362 g/mol. The molecule has 2 amide bonds. The van der Waals surface area contributed by atoms with Gasteiger partial charge >= 0.3 is 11.4 Å². The van der Waals surface area contributed by atoms with Gasteiger partial charge in [-0.05, 0) is 35.4 Å². The van der Waals surface area contributed by atoms with Crippen molar-refractivity contribution < 1.29 is 29.6 Å². The zero-order valence-electron chi connectivity index (χ0n) is 13.2. The molecule has 11 nitrogen and oxygen atoms in total. The zero-order chi connectivity index (χ0) is 19.9. The minimum atomic E-state index is -0.862. The Balaban J connectivity index is 2.27. The summed E-state index contributed by atoms with van der Waals surface area (Å²) >= 11 is 0. The number of hydrogen-bond acceptors (Lipinski definition) is 8. The van der Waals surface area contributed by atoms with Crippen LogP contribution >= 0.6 is 0 Å². The molecule has 1 aliphatic rings. The van der Waals surface area contributed by atoms with Gasteiger partial charge in [0.05, 0.1) is 21.0 Å². The van der Waals surface area contributed by atoms with Gasteiger partial charge in [-0.2, -0.15) is 0 Å². The SMILES string of the molecule is O=C1NC(=O)C(c2ccc(O)c([N+](=O)[O-])c2)=C1c1ccc(O)c([N+](=O)[O-])c1. The lowest BCUT2D eigenvalue weighted by Crippen LogP contribution is -2.22. The first-order chi connectivity index (χ1) is 12.7. The number of amides is 2. The fourth-order valence-electron chi connectivity index (χ4n) is 2.66. The average Bonchev–Trinajstić information content (AvgIpc) is 2.89. The number of hydrogen-bond donors (Lipinski definition) is 3. The Morgan fingerprint density at radius 3 is 1.44 bits per heavy atom. The lowest BCUT2D eigenvalue weighted by Gasteiger charge is -2.06. The Labute approximate surface area is 149 Å². The molecule has 0 saturated heterocycles. The number of rotatable bonds is 4. The van der Waals surface area contributed by atoms with Gasteiger partial charge in [-0.1, -0.05) is 0 Å². The van der Waals surface area contributed by atoms with E-state index in [0.29, 0.717) is 0 Å². The highest BCUT2D eigenvalue weighted by molar-refractivity contribution is 6.49. The Kier molecular flexibility index (Phi) is 4.04. The van der Waals surface area contributed by atoms with Crippen molar-refractivity contribution in [3.05, 3.63) is 67.8 Å². The molecule has 0 spiro atoms. The van der Waals surface area contributed by atoms with Crippen molar-refractivity contribution in [1.29, 1.82) is 0 Å². The summed E-state index contributed by atoms with van der Waals surface area (Å²) in [5.41, 5.74) is -1.92. The summed E-state index contributed by atoms with van der Waals surface area (Å²) in [6.45, 7) is 0. The molecule has 3 rings (SSSR count). The van der Waals surface area contributed by atoms with E-state index >= 15 is 0 Å². The van der Waals surface area contributed by atoms with Crippen LogP contribution in [0.2, 0.25) is 0 Å². The number of imide groups is 1. The Bertz CT molecular complexity index is 990. The van der Waals surface area contributed by atoms with Crippen LogP contribution in [-0.4, -0.2) is 31.9 Å². The molecule has 136 valence electrons. The van der Waals surface area contributed by atoms with Crippen molar-refractivity contribution in [2.24, 2.45) is 0 Å². The van der Waals surface area contributed by atoms with E-state index < -0.39 is 44.5 Å². The van der Waals surface area contributed by atoms with Crippen LogP contribution in [0.15, 0.2) is 36.4 Å². The molecule has 3 N–H and O–H groups in total. The number of nitro groups is 2. The maximum Gasteiger partial charge on any atom is 0.311 e. The average molecular weight is 371 g/mol. The molecule has 2 aromatic carbocycles. The number of aromatic hydroxyl groups is 2. The molecule has 2 aromatic rings. The Morgan fingerprint density at radius 1 is 0.741 bits per heavy atom. The molecule has 0 unspecified atom stereocenters. The molecule has 0 radical (unpaired) electrons. The van der Waals surface area contributed by atoms with Gasteiger partial charge in [0.25, 0.3) is 11.8 Å². The molecule has 0 bridgehead atoms. The van der Waals surface area contributed by atoms with Gasteiger partial charge in [0.15, 0.2) is 11.5 Å². The fraction of sp³-hybridized carbons (Fsp3) is 0. The van der Waals surface area contributed by atoms with Crippen LogP contribution in [0.3, 0.4) is 0 Å². The lowest BCUT2D eigenvalue weighted by atomic mass is 9.95. The first-order valence-corrected chi connectivity index (χ1v) is 7.26. The van der Waals surface area contributed by atoms with E-state index in [1.165, 1.54) is 12.1 Å². The van der Waals surface area contributed by atoms with E-state index in [-0.39, 0.29) is 22.3 Å².